The molecule has 0 saturated heterocycles. The summed E-state index contributed by atoms with van der Waals surface area (Å²) in [6, 6.07) is 5.07. The maximum Gasteiger partial charge on any atom is 0.151 e. The van der Waals surface area contributed by atoms with Gasteiger partial charge in [-0.1, -0.05) is 0 Å². The Balaban J connectivity index is 2.02. The molecule has 19 heavy (non-hydrogen) atoms. The second-order valence-electron chi connectivity index (χ2n) is 3.86. The van der Waals surface area contributed by atoms with Gasteiger partial charge in [-0.15, -0.1) is 0 Å². The Bertz CT molecular complexity index is 710. The molecule has 0 radical (unpaired) electrons. The lowest BCUT2D eigenvalue weighted by Crippen LogP contribution is -1.98. The van der Waals surface area contributed by atoms with Crippen molar-refractivity contribution in [2.45, 2.75) is 0 Å². The molecular weight excluding hydrogens is 250 g/mol. The van der Waals surface area contributed by atoms with Crippen LogP contribution in [0.2, 0.25) is 0 Å². The summed E-state index contributed by atoms with van der Waals surface area (Å²) in [5.41, 5.74) is 1.59. The lowest BCUT2D eigenvalue weighted by atomic mass is 10.2. The molecular formula is C13H8F2N4. The van der Waals surface area contributed by atoms with E-state index in [-0.39, 0.29) is 5.69 Å². The molecule has 0 spiro atoms. The van der Waals surface area contributed by atoms with Crippen LogP contribution < -0.4 is 0 Å². The highest BCUT2D eigenvalue weighted by molar-refractivity contribution is 5.56. The molecule has 0 saturated carbocycles. The fourth-order valence-corrected chi connectivity index (χ4v) is 1.72. The molecule has 2 aromatic heterocycles. The van der Waals surface area contributed by atoms with Gasteiger partial charge in [-0.2, -0.15) is 5.10 Å². The molecule has 3 aromatic rings. The zero-order valence-corrected chi connectivity index (χ0v) is 9.66. The van der Waals surface area contributed by atoms with Gasteiger partial charge in [0.1, 0.15) is 17.8 Å². The van der Waals surface area contributed by atoms with E-state index in [1.807, 2.05) is 0 Å². The molecule has 0 aliphatic rings. The normalized spacial score (nSPS) is 10.6. The molecule has 0 N–H and O–H groups in total. The van der Waals surface area contributed by atoms with E-state index in [1.165, 1.54) is 23.1 Å². The van der Waals surface area contributed by atoms with Crippen molar-refractivity contribution < 1.29 is 8.78 Å². The van der Waals surface area contributed by atoms with Crippen LogP contribution in [0, 0.1) is 11.6 Å². The first-order valence-corrected chi connectivity index (χ1v) is 5.50. The number of hydrogen-bond donors (Lipinski definition) is 0. The van der Waals surface area contributed by atoms with Gasteiger partial charge in [-0.05, 0) is 18.2 Å². The molecule has 4 nitrogen and oxygen atoms in total. The van der Waals surface area contributed by atoms with Crippen LogP contribution in [0.4, 0.5) is 8.78 Å². The number of hydrogen-bond acceptors (Lipinski definition) is 3. The first-order chi connectivity index (χ1) is 9.24. The summed E-state index contributed by atoms with van der Waals surface area (Å²) in [5.74, 6) is -1.29. The summed E-state index contributed by atoms with van der Waals surface area (Å²) in [7, 11) is 0. The summed E-state index contributed by atoms with van der Waals surface area (Å²) < 4.78 is 27.8. The van der Waals surface area contributed by atoms with Crippen LogP contribution in [0.1, 0.15) is 0 Å². The third kappa shape index (κ3) is 2.20. The second-order valence-corrected chi connectivity index (χ2v) is 3.86. The van der Waals surface area contributed by atoms with Crippen molar-refractivity contribution in [2.75, 3.05) is 0 Å². The Kier molecular flexibility index (Phi) is 2.75. The number of aromatic nitrogens is 4. The monoisotopic (exact) mass is 258 g/mol. The SMILES string of the molecule is Fc1ccc(-n2cc(-c3ccncn3)cn2)c(F)c1. The van der Waals surface area contributed by atoms with Crippen LogP contribution in [0.3, 0.4) is 0 Å². The minimum Gasteiger partial charge on any atom is -0.245 e. The largest absolute Gasteiger partial charge is 0.245 e. The average molecular weight is 258 g/mol. The van der Waals surface area contributed by atoms with Crippen molar-refractivity contribution in [1.29, 1.82) is 0 Å². The Hall–Kier alpha value is -2.63. The Labute approximate surface area is 107 Å². The van der Waals surface area contributed by atoms with Crippen molar-refractivity contribution in [3.8, 4) is 16.9 Å². The van der Waals surface area contributed by atoms with Gasteiger partial charge in [0.15, 0.2) is 5.82 Å². The summed E-state index contributed by atoms with van der Waals surface area (Å²) in [4.78, 5) is 7.89. The molecule has 0 unspecified atom stereocenters. The van der Waals surface area contributed by atoms with Crippen LogP contribution >= 0.6 is 0 Å². The summed E-state index contributed by atoms with van der Waals surface area (Å²) in [6.07, 6.45) is 6.22. The summed E-state index contributed by atoms with van der Waals surface area (Å²) in [5, 5.41) is 4.05. The van der Waals surface area contributed by atoms with Gasteiger partial charge >= 0.3 is 0 Å². The van der Waals surface area contributed by atoms with E-state index in [0.717, 1.165) is 11.6 Å². The van der Waals surface area contributed by atoms with E-state index in [4.69, 9.17) is 0 Å². The fraction of sp³-hybridized carbons (Fsp3) is 0. The van der Waals surface area contributed by atoms with Gasteiger partial charge in [-0.3, -0.25) is 0 Å². The van der Waals surface area contributed by atoms with Gasteiger partial charge in [0, 0.05) is 24.0 Å². The highest BCUT2D eigenvalue weighted by Crippen LogP contribution is 2.19. The zero-order valence-electron chi connectivity index (χ0n) is 9.66. The number of nitrogens with zero attached hydrogens (tertiary/aromatic N) is 4. The second kappa shape index (κ2) is 4.56. The Morgan fingerprint density at radius 3 is 2.74 bits per heavy atom. The van der Waals surface area contributed by atoms with E-state index in [9.17, 15) is 8.78 Å². The van der Waals surface area contributed by atoms with Crippen LogP contribution in [-0.4, -0.2) is 19.7 Å². The van der Waals surface area contributed by atoms with Gasteiger partial charge in [0.2, 0.25) is 0 Å². The van der Waals surface area contributed by atoms with Crippen LogP contribution in [-0.2, 0) is 0 Å². The minimum atomic E-state index is -0.669. The Morgan fingerprint density at radius 1 is 1.11 bits per heavy atom. The highest BCUT2D eigenvalue weighted by atomic mass is 19.1. The molecule has 2 heterocycles. The first kappa shape index (κ1) is 11.5. The summed E-state index contributed by atoms with van der Waals surface area (Å²) >= 11 is 0. The summed E-state index contributed by atoms with van der Waals surface area (Å²) in [6.45, 7) is 0. The van der Waals surface area contributed by atoms with E-state index in [0.29, 0.717) is 5.69 Å². The van der Waals surface area contributed by atoms with Crippen molar-refractivity contribution >= 4 is 0 Å². The standard InChI is InChI=1S/C13H8F2N4/c14-10-1-2-13(11(15)5-10)19-7-9(6-18-19)12-3-4-16-8-17-12/h1-8H. The Morgan fingerprint density at radius 2 is 2.00 bits per heavy atom. The third-order valence-electron chi connectivity index (χ3n) is 2.62. The first-order valence-electron chi connectivity index (χ1n) is 5.50. The highest BCUT2D eigenvalue weighted by Gasteiger charge is 2.09. The fourth-order valence-electron chi connectivity index (χ4n) is 1.72. The van der Waals surface area contributed by atoms with E-state index in [1.54, 1.807) is 24.7 Å². The van der Waals surface area contributed by atoms with Gasteiger partial charge in [0.05, 0.1) is 11.9 Å². The van der Waals surface area contributed by atoms with Gasteiger partial charge < -0.3 is 0 Å². The third-order valence-corrected chi connectivity index (χ3v) is 2.62. The lowest BCUT2D eigenvalue weighted by molar-refractivity contribution is 0.573. The molecule has 0 atom stereocenters. The van der Waals surface area contributed by atoms with Gasteiger partial charge in [0.25, 0.3) is 0 Å². The van der Waals surface area contributed by atoms with E-state index < -0.39 is 11.6 Å². The van der Waals surface area contributed by atoms with Gasteiger partial charge in [-0.25, -0.2) is 23.4 Å². The van der Waals surface area contributed by atoms with Crippen molar-refractivity contribution in [3.05, 3.63) is 60.8 Å². The average Bonchev–Trinajstić information content (AvgIpc) is 2.89. The van der Waals surface area contributed by atoms with Crippen molar-refractivity contribution in [1.82, 2.24) is 19.7 Å². The molecule has 6 heteroatoms. The molecule has 0 fully saturated rings. The molecule has 0 amide bonds. The predicted molar refractivity (Wildman–Crippen MR) is 64.5 cm³/mol. The van der Waals surface area contributed by atoms with Crippen LogP contribution in [0.25, 0.3) is 16.9 Å². The van der Waals surface area contributed by atoms with E-state index >= 15 is 0 Å². The molecule has 3 rings (SSSR count). The molecule has 1 aromatic carbocycles. The maximum atomic E-state index is 13.6. The molecule has 0 bridgehead atoms. The van der Waals surface area contributed by atoms with Crippen molar-refractivity contribution in [2.24, 2.45) is 0 Å². The van der Waals surface area contributed by atoms with E-state index in [2.05, 4.69) is 15.1 Å². The maximum absolute atomic E-state index is 13.6. The molecule has 94 valence electrons. The van der Waals surface area contributed by atoms with Crippen molar-refractivity contribution in [3.63, 3.8) is 0 Å². The molecule has 0 aliphatic heterocycles. The predicted octanol–water partition coefficient (Wildman–Crippen LogP) is 2.61. The smallest absolute Gasteiger partial charge is 0.151 e. The quantitative estimate of drug-likeness (QED) is 0.709. The number of benzene rings is 1. The zero-order chi connectivity index (χ0) is 13.2. The minimum absolute atomic E-state index is 0.182. The molecule has 0 aliphatic carbocycles. The van der Waals surface area contributed by atoms with Crippen LogP contribution in [0.15, 0.2) is 49.2 Å². The van der Waals surface area contributed by atoms with Crippen LogP contribution in [0.5, 0.6) is 0 Å². The topological polar surface area (TPSA) is 43.6 Å². The number of rotatable bonds is 2. The number of halogens is 2. The lowest BCUT2D eigenvalue weighted by Gasteiger charge is -2.02.